The first-order valence-corrected chi connectivity index (χ1v) is 7.72. The Bertz CT molecular complexity index is 385. The third kappa shape index (κ3) is 2.20. The van der Waals surface area contributed by atoms with Crippen LogP contribution in [0, 0.1) is 17.3 Å². The normalized spacial score (nSPS) is 44.4. The molecule has 4 aliphatic carbocycles. The molecular formula is C16H26O3. The average molecular weight is 266 g/mol. The van der Waals surface area contributed by atoms with Crippen molar-refractivity contribution in [3.63, 3.8) is 0 Å². The largest absolute Gasteiger partial charge is 0.459 e. The zero-order valence-electron chi connectivity index (χ0n) is 12.4. The van der Waals surface area contributed by atoms with Crippen molar-refractivity contribution >= 4 is 5.97 Å². The van der Waals surface area contributed by atoms with Crippen molar-refractivity contribution in [1.82, 2.24) is 0 Å². The van der Waals surface area contributed by atoms with Crippen molar-refractivity contribution in [2.75, 3.05) is 0 Å². The Labute approximate surface area is 115 Å². The maximum absolute atomic E-state index is 12.4. The number of ether oxygens (including phenoxy) is 1. The molecule has 0 radical (unpaired) electrons. The molecule has 4 atom stereocenters. The molecule has 0 aromatic rings. The lowest BCUT2D eigenvalue weighted by molar-refractivity contribution is -0.225. The summed E-state index contributed by atoms with van der Waals surface area (Å²) < 4.78 is 5.97. The van der Waals surface area contributed by atoms with Gasteiger partial charge in [-0.2, -0.15) is 0 Å². The van der Waals surface area contributed by atoms with E-state index in [0.29, 0.717) is 18.3 Å². The molecule has 4 aliphatic rings. The van der Waals surface area contributed by atoms with Gasteiger partial charge in [-0.3, -0.25) is 4.79 Å². The Morgan fingerprint density at radius 1 is 1.26 bits per heavy atom. The minimum absolute atomic E-state index is 0.0828. The van der Waals surface area contributed by atoms with Gasteiger partial charge in [-0.1, -0.05) is 6.92 Å². The Kier molecular flexibility index (Phi) is 2.80. The zero-order valence-corrected chi connectivity index (χ0v) is 12.4. The van der Waals surface area contributed by atoms with Crippen molar-refractivity contribution in [2.24, 2.45) is 17.3 Å². The number of carbonyl (C=O) groups is 1. The highest BCUT2D eigenvalue weighted by atomic mass is 16.6. The molecule has 4 saturated carbocycles. The van der Waals surface area contributed by atoms with Crippen LogP contribution in [0.2, 0.25) is 0 Å². The summed E-state index contributed by atoms with van der Waals surface area (Å²) in [5.74, 6) is 1.04. The Morgan fingerprint density at radius 3 is 2.32 bits per heavy atom. The van der Waals surface area contributed by atoms with Gasteiger partial charge in [-0.05, 0) is 64.2 Å². The average Bonchev–Trinajstić information content (AvgIpc) is 2.24. The van der Waals surface area contributed by atoms with Crippen molar-refractivity contribution in [2.45, 2.75) is 76.9 Å². The van der Waals surface area contributed by atoms with E-state index in [2.05, 4.69) is 0 Å². The lowest BCUT2D eigenvalue weighted by Crippen LogP contribution is -2.61. The number of hydrogen-bond donors (Lipinski definition) is 1. The van der Waals surface area contributed by atoms with Gasteiger partial charge in [0.2, 0.25) is 0 Å². The standard InChI is InChI=1S/C16H26O3/c1-4-14(2,3)13(17)19-16-8-11-5-12(9-16)7-15(18,6-11)10-16/h11-12,18H,4-10H2,1-3H3/t11-,12?,15?,16?/m1/s1. The van der Waals surface area contributed by atoms with Gasteiger partial charge in [-0.15, -0.1) is 0 Å². The molecular weight excluding hydrogens is 240 g/mol. The van der Waals surface area contributed by atoms with Gasteiger partial charge in [0.1, 0.15) is 5.60 Å². The van der Waals surface area contributed by atoms with E-state index in [1.54, 1.807) is 0 Å². The summed E-state index contributed by atoms with van der Waals surface area (Å²) in [5, 5.41) is 10.6. The number of carbonyl (C=O) groups excluding carboxylic acids is 1. The number of rotatable bonds is 3. The van der Waals surface area contributed by atoms with Crippen LogP contribution in [0.1, 0.15) is 65.7 Å². The predicted octanol–water partition coefficient (Wildman–Crippen LogP) is 3.05. The topological polar surface area (TPSA) is 46.5 Å². The van der Waals surface area contributed by atoms with E-state index in [1.165, 1.54) is 6.42 Å². The van der Waals surface area contributed by atoms with Crippen molar-refractivity contribution in [1.29, 1.82) is 0 Å². The summed E-state index contributed by atoms with van der Waals surface area (Å²) in [6.07, 6.45) is 6.45. The van der Waals surface area contributed by atoms with E-state index >= 15 is 0 Å². The van der Waals surface area contributed by atoms with Gasteiger partial charge in [0.15, 0.2) is 0 Å². The highest BCUT2D eigenvalue weighted by Crippen LogP contribution is 2.59. The molecule has 0 aliphatic heterocycles. The first-order chi connectivity index (χ1) is 8.76. The third-order valence-electron chi connectivity index (χ3n) is 5.72. The second-order valence-corrected chi connectivity index (χ2v) is 8.00. The minimum Gasteiger partial charge on any atom is -0.459 e. The fourth-order valence-corrected chi connectivity index (χ4v) is 4.73. The maximum atomic E-state index is 12.4. The molecule has 1 N–H and O–H groups in total. The molecule has 19 heavy (non-hydrogen) atoms. The highest BCUT2D eigenvalue weighted by Gasteiger charge is 2.59. The summed E-state index contributed by atoms with van der Waals surface area (Å²) in [7, 11) is 0. The van der Waals surface area contributed by atoms with Gasteiger partial charge in [-0.25, -0.2) is 0 Å². The summed E-state index contributed by atoms with van der Waals surface area (Å²) in [5.41, 5.74) is -1.32. The monoisotopic (exact) mass is 266 g/mol. The first-order valence-electron chi connectivity index (χ1n) is 7.72. The predicted molar refractivity (Wildman–Crippen MR) is 72.5 cm³/mol. The molecule has 3 nitrogen and oxygen atoms in total. The van der Waals surface area contributed by atoms with Crippen LogP contribution < -0.4 is 0 Å². The summed E-state index contributed by atoms with van der Waals surface area (Å²) in [6, 6.07) is 0. The number of esters is 1. The van der Waals surface area contributed by atoms with E-state index in [9.17, 15) is 9.90 Å². The van der Waals surface area contributed by atoms with Crippen LogP contribution in [0.5, 0.6) is 0 Å². The molecule has 3 heteroatoms. The van der Waals surface area contributed by atoms with Gasteiger partial charge in [0.25, 0.3) is 0 Å². The van der Waals surface area contributed by atoms with Crippen LogP contribution >= 0.6 is 0 Å². The van der Waals surface area contributed by atoms with Crippen molar-refractivity contribution in [3.05, 3.63) is 0 Å². The molecule has 4 rings (SSSR count). The second kappa shape index (κ2) is 3.97. The van der Waals surface area contributed by atoms with Gasteiger partial charge >= 0.3 is 5.97 Å². The zero-order chi connectivity index (χ0) is 13.9. The maximum Gasteiger partial charge on any atom is 0.312 e. The van der Waals surface area contributed by atoms with E-state index in [1.807, 2.05) is 20.8 Å². The number of aliphatic hydroxyl groups is 1. The Morgan fingerprint density at radius 2 is 1.84 bits per heavy atom. The van der Waals surface area contributed by atoms with Crippen LogP contribution in [0.25, 0.3) is 0 Å². The summed E-state index contributed by atoms with van der Waals surface area (Å²) in [4.78, 5) is 12.4. The van der Waals surface area contributed by atoms with E-state index in [0.717, 1.165) is 32.1 Å². The second-order valence-electron chi connectivity index (χ2n) is 8.00. The van der Waals surface area contributed by atoms with Crippen LogP contribution in [-0.2, 0) is 9.53 Å². The Hall–Kier alpha value is -0.570. The van der Waals surface area contributed by atoms with Crippen molar-refractivity contribution in [3.8, 4) is 0 Å². The van der Waals surface area contributed by atoms with Crippen LogP contribution in [0.4, 0.5) is 0 Å². The van der Waals surface area contributed by atoms with Gasteiger partial charge in [0, 0.05) is 6.42 Å². The van der Waals surface area contributed by atoms with Gasteiger partial charge in [0.05, 0.1) is 11.0 Å². The molecule has 4 bridgehead atoms. The molecule has 108 valence electrons. The SMILES string of the molecule is CCC(C)(C)C(=O)OC12CC3C[C@H](CC(O)(C3)C1)C2. The van der Waals surface area contributed by atoms with Gasteiger partial charge < -0.3 is 9.84 Å². The van der Waals surface area contributed by atoms with Crippen LogP contribution in [-0.4, -0.2) is 22.3 Å². The molecule has 0 aromatic heterocycles. The molecule has 0 amide bonds. The molecule has 0 spiro atoms. The highest BCUT2D eigenvalue weighted by molar-refractivity contribution is 5.76. The lowest BCUT2D eigenvalue weighted by Gasteiger charge is -2.59. The number of hydrogen-bond acceptors (Lipinski definition) is 3. The molecule has 3 unspecified atom stereocenters. The van der Waals surface area contributed by atoms with Crippen LogP contribution in [0.3, 0.4) is 0 Å². The van der Waals surface area contributed by atoms with E-state index < -0.39 is 11.0 Å². The minimum atomic E-state index is -0.555. The lowest BCUT2D eigenvalue weighted by atomic mass is 9.52. The fourth-order valence-electron chi connectivity index (χ4n) is 4.73. The molecule has 0 aromatic carbocycles. The first kappa shape index (κ1) is 13.4. The quantitative estimate of drug-likeness (QED) is 0.799. The molecule has 0 saturated heterocycles. The van der Waals surface area contributed by atoms with E-state index in [4.69, 9.17) is 4.74 Å². The summed E-state index contributed by atoms with van der Waals surface area (Å²) >= 11 is 0. The molecule has 0 heterocycles. The van der Waals surface area contributed by atoms with Crippen LogP contribution in [0.15, 0.2) is 0 Å². The smallest absolute Gasteiger partial charge is 0.312 e. The third-order valence-corrected chi connectivity index (χ3v) is 5.72. The van der Waals surface area contributed by atoms with E-state index in [-0.39, 0.29) is 11.6 Å². The van der Waals surface area contributed by atoms with Crippen molar-refractivity contribution < 1.29 is 14.6 Å². The summed E-state index contributed by atoms with van der Waals surface area (Å²) in [6.45, 7) is 5.92. The fraction of sp³-hybridized carbons (Fsp3) is 0.938. The Balaban J connectivity index is 1.79. The molecule has 4 fully saturated rings.